The van der Waals surface area contributed by atoms with Gasteiger partial charge < -0.3 is 19.9 Å². The van der Waals surface area contributed by atoms with Crippen LogP contribution >= 0.6 is 0 Å². The summed E-state index contributed by atoms with van der Waals surface area (Å²) in [6.45, 7) is 14.8. The number of hydrogen-bond donors (Lipinski definition) is 1. The Bertz CT molecular complexity index is 710. The lowest BCUT2D eigenvalue weighted by Crippen LogP contribution is -2.50. The number of morpholine rings is 1. The summed E-state index contributed by atoms with van der Waals surface area (Å²) in [5.41, 5.74) is 2.73. The molecule has 1 aromatic rings. The number of hydrogen-bond acceptors (Lipinski definition) is 3. The lowest BCUT2D eigenvalue weighted by atomic mass is 9.87. The summed E-state index contributed by atoms with van der Waals surface area (Å²) in [6, 6.07) is 8.78. The number of ether oxygens (including phenoxy) is 1. The van der Waals surface area contributed by atoms with Crippen LogP contribution in [0.15, 0.2) is 29.3 Å². The van der Waals surface area contributed by atoms with Gasteiger partial charge in [-0.1, -0.05) is 45.0 Å². The van der Waals surface area contributed by atoms with Crippen molar-refractivity contribution in [3.05, 3.63) is 35.4 Å². The lowest BCUT2D eigenvalue weighted by molar-refractivity contribution is -0.140. The normalized spacial score (nSPS) is 19.1. The molecule has 2 fully saturated rings. The highest BCUT2D eigenvalue weighted by atomic mass is 16.5. The number of benzene rings is 1. The third-order valence-electron chi connectivity index (χ3n) is 6.03. The fourth-order valence-electron chi connectivity index (χ4n) is 4.08. The molecule has 1 amide bonds. The van der Waals surface area contributed by atoms with Crippen LogP contribution in [-0.2, 0) is 21.5 Å². The molecule has 0 atom stereocenters. The predicted octanol–water partition coefficient (Wildman–Crippen LogP) is 3.02. The number of rotatable bonds is 4. The van der Waals surface area contributed by atoms with Gasteiger partial charge in [-0.2, -0.15) is 0 Å². The zero-order valence-corrected chi connectivity index (χ0v) is 19.1. The highest BCUT2D eigenvalue weighted by Crippen LogP contribution is 2.23. The van der Waals surface area contributed by atoms with E-state index in [0.717, 1.165) is 51.5 Å². The van der Waals surface area contributed by atoms with Crippen molar-refractivity contribution in [2.24, 2.45) is 10.9 Å². The Labute approximate surface area is 181 Å². The van der Waals surface area contributed by atoms with Crippen LogP contribution in [0.2, 0.25) is 0 Å². The van der Waals surface area contributed by atoms with Gasteiger partial charge in [0, 0.05) is 38.6 Å². The first kappa shape index (κ1) is 22.6. The van der Waals surface area contributed by atoms with Crippen LogP contribution in [0.3, 0.4) is 0 Å². The maximum Gasteiger partial charge on any atom is 0.225 e. The van der Waals surface area contributed by atoms with Crippen LogP contribution in [0.5, 0.6) is 0 Å². The average molecular weight is 415 g/mol. The first-order valence-corrected chi connectivity index (χ1v) is 11.4. The molecular formula is C24H38N4O2. The first-order valence-electron chi connectivity index (χ1n) is 11.4. The molecule has 0 bridgehead atoms. The van der Waals surface area contributed by atoms with Crippen molar-refractivity contribution in [3.63, 3.8) is 0 Å². The Kier molecular flexibility index (Phi) is 7.75. The minimum absolute atomic E-state index is 0.132. The molecule has 1 N–H and O–H groups in total. The van der Waals surface area contributed by atoms with E-state index >= 15 is 0 Å². The number of nitrogens with zero attached hydrogens (tertiary/aromatic N) is 3. The van der Waals surface area contributed by atoms with Crippen LogP contribution in [-0.4, -0.2) is 67.6 Å². The van der Waals surface area contributed by atoms with Gasteiger partial charge in [-0.05, 0) is 36.3 Å². The molecule has 0 spiro atoms. The van der Waals surface area contributed by atoms with Gasteiger partial charge in [-0.25, -0.2) is 4.99 Å². The fourth-order valence-corrected chi connectivity index (χ4v) is 4.08. The van der Waals surface area contributed by atoms with E-state index in [1.54, 1.807) is 0 Å². The van der Waals surface area contributed by atoms with Gasteiger partial charge in [0.2, 0.25) is 5.91 Å². The minimum atomic E-state index is 0.132. The average Bonchev–Trinajstić information content (AvgIpc) is 2.76. The Morgan fingerprint density at radius 3 is 2.27 bits per heavy atom. The van der Waals surface area contributed by atoms with Crippen molar-refractivity contribution in [3.8, 4) is 0 Å². The van der Waals surface area contributed by atoms with Gasteiger partial charge in [0.1, 0.15) is 0 Å². The Hall–Kier alpha value is -2.08. The zero-order chi connectivity index (χ0) is 21.6. The fraction of sp³-hybridized carbons (Fsp3) is 0.667. The lowest BCUT2D eigenvalue weighted by Gasteiger charge is -2.36. The number of piperidine rings is 1. The second-order valence-corrected chi connectivity index (χ2v) is 9.32. The molecule has 30 heavy (non-hydrogen) atoms. The molecule has 0 unspecified atom stereocenters. The van der Waals surface area contributed by atoms with Crippen LogP contribution in [0.4, 0.5) is 0 Å². The number of carbonyl (C=O) groups excluding carboxylic acids is 1. The number of likely N-dealkylation sites (tertiary alicyclic amines) is 1. The maximum atomic E-state index is 12.8. The SMILES string of the molecule is CCNC(=NCc1ccc(C(C)(C)C)cc1)N1CCC(C(=O)N2CCOCC2)CC1. The Morgan fingerprint density at radius 1 is 1.07 bits per heavy atom. The predicted molar refractivity (Wildman–Crippen MR) is 122 cm³/mol. The topological polar surface area (TPSA) is 57.2 Å². The molecule has 2 aliphatic rings. The maximum absolute atomic E-state index is 12.8. The van der Waals surface area contributed by atoms with E-state index in [0.29, 0.717) is 25.7 Å². The number of nitrogens with one attached hydrogen (secondary N) is 1. The molecule has 0 aliphatic carbocycles. The molecule has 6 heteroatoms. The van der Waals surface area contributed by atoms with Gasteiger partial charge in [0.25, 0.3) is 0 Å². The van der Waals surface area contributed by atoms with Crippen molar-refractivity contribution in [1.29, 1.82) is 0 Å². The van der Waals surface area contributed by atoms with Crippen LogP contribution in [0.25, 0.3) is 0 Å². The van der Waals surface area contributed by atoms with Crippen molar-refractivity contribution < 1.29 is 9.53 Å². The summed E-state index contributed by atoms with van der Waals surface area (Å²) >= 11 is 0. The van der Waals surface area contributed by atoms with Gasteiger partial charge >= 0.3 is 0 Å². The summed E-state index contributed by atoms with van der Waals surface area (Å²) in [4.78, 5) is 21.9. The van der Waals surface area contributed by atoms with E-state index < -0.39 is 0 Å². The summed E-state index contributed by atoms with van der Waals surface area (Å²) in [5.74, 6) is 1.39. The molecule has 0 saturated carbocycles. The van der Waals surface area contributed by atoms with E-state index in [1.807, 2.05) is 4.90 Å². The van der Waals surface area contributed by atoms with Gasteiger partial charge in [-0.3, -0.25) is 4.79 Å². The third-order valence-corrected chi connectivity index (χ3v) is 6.03. The van der Waals surface area contributed by atoms with E-state index in [9.17, 15) is 4.79 Å². The largest absolute Gasteiger partial charge is 0.378 e. The molecule has 3 rings (SSSR count). The molecular weight excluding hydrogens is 376 g/mol. The highest BCUT2D eigenvalue weighted by Gasteiger charge is 2.30. The number of carbonyl (C=O) groups is 1. The highest BCUT2D eigenvalue weighted by molar-refractivity contribution is 5.82. The van der Waals surface area contributed by atoms with Crippen LogP contribution in [0, 0.1) is 5.92 Å². The molecule has 166 valence electrons. The molecule has 2 heterocycles. The van der Waals surface area contributed by atoms with Gasteiger partial charge in [0.15, 0.2) is 5.96 Å². The minimum Gasteiger partial charge on any atom is -0.378 e. The zero-order valence-electron chi connectivity index (χ0n) is 19.1. The molecule has 2 aliphatic heterocycles. The van der Waals surface area contributed by atoms with Crippen LogP contribution < -0.4 is 5.32 Å². The van der Waals surface area contributed by atoms with Crippen molar-refractivity contribution in [2.75, 3.05) is 45.9 Å². The number of guanidine groups is 1. The Balaban J connectivity index is 1.56. The first-order chi connectivity index (χ1) is 14.4. The smallest absolute Gasteiger partial charge is 0.225 e. The number of aliphatic imine (C=N–C) groups is 1. The second kappa shape index (κ2) is 10.3. The van der Waals surface area contributed by atoms with Crippen molar-refractivity contribution in [1.82, 2.24) is 15.1 Å². The van der Waals surface area contributed by atoms with Crippen molar-refractivity contribution in [2.45, 2.75) is 52.5 Å². The molecule has 0 aromatic heterocycles. The monoisotopic (exact) mass is 414 g/mol. The third kappa shape index (κ3) is 5.97. The van der Waals surface area contributed by atoms with Gasteiger partial charge in [0.05, 0.1) is 19.8 Å². The summed E-state index contributed by atoms with van der Waals surface area (Å²) in [5, 5.41) is 3.43. The van der Waals surface area contributed by atoms with Crippen molar-refractivity contribution >= 4 is 11.9 Å². The second-order valence-electron chi connectivity index (χ2n) is 9.32. The summed E-state index contributed by atoms with van der Waals surface area (Å²) in [6.07, 6.45) is 1.78. The van der Waals surface area contributed by atoms with E-state index in [1.165, 1.54) is 11.1 Å². The van der Waals surface area contributed by atoms with E-state index in [2.05, 4.69) is 62.2 Å². The Morgan fingerprint density at radius 2 is 1.70 bits per heavy atom. The molecule has 2 saturated heterocycles. The van der Waals surface area contributed by atoms with E-state index in [4.69, 9.17) is 9.73 Å². The van der Waals surface area contributed by atoms with Gasteiger partial charge in [-0.15, -0.1) is 0 Å². The quantitative estimate of drug-likeness (QED) is 0.608. The van der Waals surface area contributed by atoms with Crippen LogP contribution in [0.1, 0.15) is 51.7 Å². The summed E-state index contributed by atoms with van der Waals surface area (Å²) < 4.78 is 5.37. The molecule has 6 nitrogen and oxygen atoms in total. The molecule has 0 radical (unpaired) electrons. The van der Waals surface area contributed by atoms with E-state index in [-0.39, 0.29) is 11.3 Å². The number of amides is 1. The summed E-state index contributed by atoms with van der Waals surface area (Å²) in [7, 11) is 0. The molecule has 1 aromatic carbocycles. The standard InChI is InChI=1S/C24H38N4O2/c1-5-25-23(26-18-19-6-8-21(9-7-19)24(2,3)4)28-12-10-20(11-13-28)22(29)27-14-16-30-17-15-27/h6-9,20H,5,10-18H2,1-4H3,(H,25,26).